The van der Waals surface area contributed by atoms with Gasteiger partial charge in [-0.05, 0) is 25.0 Å². The van der Waals surface area contributed by atoms with Gasteiger partial charge in [-0.15, -0.1) is 0 Å². The van der Waals surface area contributed by atoms with Gasteiger partial charge in [-0.3, -0.25) is 0 Å². The summed E-state index contributed by atoms with van der Waals surface area (Å²) in [5.41, 5.74) is 0.689. The Balaban J connectivity index is 2.05. The number of benzene rings is 1. The third kappa shape index (κ3) is 2.88. The molecule has 2 unspecified atom stereocenters. The molecule has 0 saturated heterocycles. The fraction of sp³-hybridized carbons (Fsp3) is 0.538. The average Bonchev–Trinajstić information content (AvgIpc) is 2.32. The minimum Gasteiger partial charge on any atom is -0.494 e. The molecule has 1 fully saturated rings. The summed E-state index contributed by atoms with van der Waals surface area (Å²) in [7, 11) is 1.44. The fourth-order valence-electron chi connectivity index (χ4n) is 2.25. The quantitative estimate of drug-likeness (QED) is 0.851. The molecule has 2 N–H and O–H groups in total. The SMILES string of the molecule is COc1ccc(NC2CCCCC2O)cc1F. The lowest BCUT2D eigenvalue weighted by Crippen LogP contribution is -2.36. The van der Waals surface area contributed by atoms with Crippen molar-refractivity contribution in [3.8, 4) is 5.75 Å². The van der Waals surface area contributed by atoms with Crippen LogP contribution >= 0.6 is 0 Å². The predicted octanol–water partition coefficient (Wildman–Crippen LogP) is 2.55. The van der Waals surface area contributed by atoms with Gasteiger partial charge in [-0.1, -0.05) is 12.8 Å². The number of aliphatic hydroxyl groups excluding tert-OH is 1. The number of aliphatic hydroxyl groups is 1. The summed E-state index contributed by atoms with van der Waals surface area (Å²) in [4.78, 5) is 0. The number of ether oxygens (including phenoxy) is 1. The normalized spacial score (nSPS) is 24.4. The Morgan fingerprint density at radius 3 is 2.76 bits per heavy atom. The summed E-state index contributed by atoms with van der Waals surface area (Å²) in [6.45, 7) is 0. The first-order valence-electron chi connectivity index (χ1n) is 5.99. The fourth-order valence-corrected chi connectivity index (χ4v) is 2.25. The van der Waals surface area contributed by atoms with Crippen molar-refractivity contribution in [2.75, 3.05) is 12.4 Å². The molecule has 17 heavy (non-hydrogen) atoms. The maximum Gasteiger partial charge on any atom is 0.167 e. The molecule has 1 aliphatic rings. The van der Waals surface area contributed by atoms with E-state index in [1.165, 1.54) is 13.2 Å². The van der Waals surface area contributed by atoms with Crippen LogP contribution in [0.4, 0.5) is 10.1 Å². The van der Waals surface area contributed by atoms with Gasteiger partial charge < -0.3 is 15.2 Å². The van der Waals surface area contributed by atoms with Crippen LogP contribution in [-0.2, 0) is 0 Å². The summed E-state index contributed by atoms with van der Waals surface area (Å²) in [6.07, 6.45) is 3.57. The van der Waals surface area contributed by atoms with Gasteiger partial charge in [-0.2, -0.15) is 0 Å². The zero-order valence-electron chi connectivity index (χ0n) is 9.95. The standard InChI is InChI=1S/C13H18FNO2/c1-17-13-7-6-9(8-10(13)14)15-11-4-2-3-5-12(11)16/h6-8,11-12,15-16H,2-5H2,1H3. The molecule has 1 aromatic rings. The molecule has 3 nitrogen and oxygen atoms in total. The summed E-state index contributed by atoms with van der Waals surface area (Å²) in [5, 5.41) is 13.0. The van der Waals surface area contributed by atoms with E-state index in [1.807, 2.05) is 0 Å². The zero-order chi connectivity index (χ0) is 12.3. The van der Waals surface area contributed by atoms with E-state index in [9.17, 15) is 9.50 Å². The van der Waals surface area contributed by atoms with E-state index in [0.717, 1.165) is 25.7 Å². The highest BCUT2D eigenvalue weighted by Crippen LogP contribution is 2.25. The van der Waals surface area contributed by atoms with E-state index < -0.39 is 0 Å². The maximum atomic E-state index is 13.5. The third-order valence-corrected chi connectivity index (χ3v) is 3.23. The lowest BCUT2D eigenvalue weighted by atomic mass is 9.92. The van der Waals surface area contributed by atoms with Gasteiger partial charge in [0.25, 0.3) is 0 Å². The average molecular weight is 239 g/mol. The second kappa shape index (κ2) is 5.36. The van der Waals surface area contributed by atoms with Gasteiger partial charge in [-0.25, -0.2) is 4.39 Å². The van der Waals surface area contributed by atoms with Crippen molar-refractivity contribution >= 4 is 5.69 Å². The van der Waals surface area contributed by atoms with Crippen molar-refractivity contribution < 1.29 is 14.2 Å². The largest absolute Gasteiger partial charge is 0.494 e. The Bertz CT molecular complexity index is 384. The Morgan fingerprint density at radius 1 is 1.35 bits per heavy atom. The van der Waals surface area contributed by atoms with E-state index in [0.29, 0.717) is 5.69 Å². The van der Waals surface area contributed by atoms with Gasteiger partial charge in [0.05, 0.1) is 19.3 Å². The van der Waals surface area contributed by atoms with Crippen molar-refractivity contribution in [2.24, 2.45) is 0 Å². The molecule has 94 valence electrons. The van der Waals surface area contributed by atoms with Crippen LogP contribution in [0.5, 0.6) is 5.75 Å². The minimum atomic E-state index is -0.386. The van der Waals surface area contributed by atoms with Crippen molar-refractivity contribution in [3.63, 3.8) is 0 Å². The van der Waals surface area contributed by atoms with Gasteiger partial charge in [0.2, 0.25) is 0 Å². The number of halogens is 1. The second-order valence-electron chi connectivity index (χ2n) is 4.45. The van der Waals surface area contributed by atoms with Crippen LogP contribution in [0.3, 0.4) is 0 Å². The van der Waals surface area contributed by atoms with Gasteiger partial charge in [0, 0.05) is 11.8 Å². The predicted molar refractivity (Wildman–Crippen MR) is 64.8 cm³/mol. The van der Waals surface area contributed by atoms with Crippen molar-refractivity contribution in [1.82, 2.24) is 0 Å². The van der Waals surface area contributed by atoms with Crippen LogP contribution in [-0.4, -0.2) is 24.4 Å². The van der Waals surface area contributed by atoms with E-state index in [4.69, 9.17) is 4.74 Å². The Labute approximate surface area is 101 Å². The van der Waals surface area contributed by atoms with E-state index in [2.05, 4.69) is 5.32 Å². The molecule has 4 heteroatoms. The highest BCUT2D eigenvalue weighted by atomic mass is 19.1. The van der Waals surface area contributed by atoms with Crippen LogP contribution in [0, 0.1) is 5.82 Å². The van der Waals surface area contributed by atoms with E-state index >= 15 is 0 Å². The van der Waals surface area contributed by atoms with Crippen LogP contribution in [0.2, 0.25) is 0 Å². The van der Waals surface area contributed by atoms with Crippen LogP contribution in [0.25, 0.3) is 0 Å². The maximum absolute atomic E-state index is 13.5. The van der Waals surface area contributed by atoms with E-state index in [-0.39, 0.29) is 23.7 Å². The summed E-state index contributed by atoms with van der Waals surface area (Å²) >= 11 is 0. The van der Waals surface area contributed by atoms with Crippen LogP contribution < -0.4 is 10.1 Å². The lowest BCUT2D eigenvalue weighted by molar-refractivity contribution is 0.116. The smallest absolute Gasteiger partial charge is 0.167 e. The van der Waals surface area contributed by atoms with Crippen molar-refractivity contribution in [3.05, 3.63) is 24.0 Å². The number of hydrogen-bond acceptors (Lipinski definition) is 3. The zero-order valence-corrected chi connectivity index (χ0v) is 9.95. The molecule has 2 atom stereocenters. The molecule has 0 aliphatic heterocycles. The minimum absolute atomic E-state index is 0.0246. The topological polar surface area (TPSA) is 41.5 Å². The first-order valence-corrected chi connectivity index (χ1v) is 5.99. The van der Waals surface area contributed by atoms with Gasteiger partial charge >= 0.3 is 0 Å². The molecule has 0 radical (unpaired) electrons. The molecule has 0 spiro atoms. The molecule has 1 aliphatic carbocycles. The highest BCUT2D eigenvalue weighted by Gasteiger charge is 2.22. The molecule has 1 aromatic carbocycles. The molecule has 0 bridgehead atoms. The molecule has 2 rings (SSSR count). The lowest BCUT2D eigenvalue weighted by Gasteiger charge is -2.29. The van der Waals surface area contributed by atoms with Gasteiger partial charge in [0.1, 0.15) is 0 Å². The molecule has 0 heterocycles. The Morgan fingerprint density at radius 2 is 2.12 bits per heavy atom. The molecule has 0 amide bonds. The van der Waals surface area contributed by atoms with Crippen molar-refractivity contribution in [2.45, 2.75) is 37.8 Å². The molecule has 0 aromatic heterocycles. The highest BCUT2D eigenvalue weighted by molar-refractivity contribution is 5.48. The number of methoxy groups -OCH3 is 1. The first-order chi connectivity index (χ1) is 8.20. The van der Waals surface area contributed by atoms with Gasteiger partial charge in [0.15, 0.2) is 11.6 Å². The number of nitrogens with one attached hydrogen (secondary N) is 1. The second-order valence-corrected chi connectivity index (χ2v) is 4.45. The summed E-state index contributed by atoms with van der Waals surface area (Å²) in [6, 6.07) is 4.78. The number of anilines is 1. The number of rotatable bonds is 3. The monoisotopic (exact) mass is 239 g/mol. The molecular formula is C13H18FNO2. The van der Waals surface area contributed by atoms with Crippen LogP contribution in [0.1, 0.15) is 25.7 Å². The Kier molecular flexibility index (Phi) is 3.84. The third-order valence-electron chi connectivity index (χ3n) is 3.23. The first kappa shape index (κ1) is 12.2. The van der Waals surface area contributed by atoms with Crippen LogP contribution in [0.15, 0.2) is 18.2 Å². The summed E-state index contributed by atoms with van der Waals surface area (Å²) in [5.74, 6) is -0.150. The molecular weight excluding hydrogens is 221 g/mol. The summed E-state index contributed by atoms with van der Waals surface area (Å²) < 4.78 is 18.3. The van der Waals surface area contributed by atoms with E-state index in [1.54, 1.807) is 12.1 Å². The number of hydrogen-bond donors (Lipinski definition) is 2. The Hall–Kier alpha value is -1.29. The molecule has 1 saturated carbocycles. The van der Waals surface area contributed by atoms with Crippen molar-refractivity contribution in [1.29, 1.82) is 0 Å².